The van der Waals surface area contributed by atoms with Crippen LogP contribution in [0.1, 0.15) is 37.8 Å². The number of nitrogens with two attached hydrogens (primary N) is 2. The molecule has 0 aliphatic heterocycles. The number of benzene rings is 1. The molecule has 152 valence electrons. The van der Waals surface area contributed by atoms with Crippen molar-refractivity contribution >= 4 is 10.9 Å². The third-order valence-corrected chi connectivity index (χ3v) is 5.68. The van der Waals surface area contributed by atoms with Crippen LogP contribution in [0.25, 0.3) is 10.9 Å². The van der Waals surface area contributed by atoms with Gasteiger partial charge in [0.1, 0.15) is 0 Å². The fraction of sp³-hybridized carbons (Fsp3) is 0.636. The minimum Gasteiger partial charge on any atom is -0.390 e. The highest BCUT2D eigenvalue weighted by atomic mass is 16.5. The van der Waals surface area contributed by atoms with Gasteiger partial charge in [-0.25, -0.2) is 0 Å². The maximum Gasteiger partial charge on any atom is 0.0813 e. The monoisotopic (exact) mass is 375 g/mol. The third-order valence-electron chi connectivity index (χ3n) is 5.68. The first kappa shape index (κ1) is 21.9. The van der Waals surface area contributed by atoms with Crippen LogP contribution in [0.3, 0.4) is 0 Å². The minimum absolute atomic E-state index is 0.215. The number of hydrogen-bond donors (Lipinski definition) is 3. The summed E-state index contributed by atoms with van der Waals surface area (Å²) in [5.74, 6) is 0.910. The van der Waals surface area contributed by atoms with E-state index in [1.807, 2.05) is 0 Å². The van der Waals surface area contributed by atoms with Crippen molar-refractivity contribution in [1.29, 1.82) is 0 Å². The molecule has 1 aromatic heterocycles. The van der Waals surface area contributed by atoms with Gasteiger partial charge in [0.15, 0.2) is 0 Å². The van der Waals surface area contributed by atoms with Crippen molar-refractivity contribution in [2.24, 2.45) is 30.4 Å². The lowest BCUT2D eigenvalue weighted by molar-refractivity contribution is 0.133. The molecule has 0 saturated heterocycles. The molecule has 0 radical (unpaired) electrons. The summed E-state index contributed by atoms with van der Waals surface area (Å²) in [7, 11) is 3.85. The lowest BCUT2D eigenvalue weighted by Gasteiger charge is -2.26. The lowest BCUT2D eigenvalue weighted by atomic mass is 9.83. The molecule has 27 heavy (non-hydrogen) atoms. The molecule has 3 atom stereocenters. The topological polar surface area (TPSA) is 86.4 Å². The molecular formula is C22H37N3O2. The molecule has 0 saturated carbocycles. The molecule has 2 rings (SSSR count). The molecular weight excluding hydrogens is 338 g/mol. The van der Waals surface area contributed by atoms with Crippen molar-refractivity contribution in [3.8, 4) is 0 Å². The van der Waals surface area contributed by atoms with Gasteiger partial charge in [-0.2, -0.15) is 0 Å². The molecule has 1 heterocycles. The first-order valence-corrected chi connectivity index (χ1v) is 10.1. The van der Waals surface area contributed by atoms with Crippen LogP contribution in [0.15, 0.2) is 24.4 Å². The highest BCUT2D eigenvalue weighted by molar-refractivity contribution is 5.84. The number of fused-ring (bicyclic) bond motifs is 1. The number of nitrogens with zero attached hydrogens (tertiary/aromatic N) is 1. The SMILES string of the molecule is COCCCc1cn(C)c2ccc(CC(CC(N)C(O)CN)C(C)C)cc12. The van der Waals surface area contributed by atoms with Crippen LogP contribution in [-0.4, -0.2) is 42.1 Å². The second-order valence-electron chi connectivity index (χ2n) is 8.12. The molecule has 0 aliphatic carbocycles. The fourth-order valence-electron chi connectivity index (χ4n) is 3.83. The van der Waals surface area contributed by atoms with E-state index in [-0.39, 0.29) is 12.6 Å². The summed E-state index contributed by atoms with van der Waals surface area (Å²) in [5.41, 5.74) is 15.7. The first-order chi connectivity index (χ1) is 12.9. The summed E-state index contributed by atoms with van der Waals surface area (Å²) in [6.07, 6.45) is 5.40. The van der Waals surface area contributed by atoms with Crippen LogP contribution >= 0.6 is 0 Å². The molecule has 5 heteroatoms. The van der Waals surface area contributed by atoms with E-state index >= 15 is 0 Å². The van der Waals surface area contributed by atoms with E-state index in [9.17, 15) is 5.11 Å². The largest absolute Gasteiger partial charge is 0.390 e. The van der Waals surface area contributed by atoms with Crippen LogP contribution in [0.4, 0.5) is 0 Å². The Labute approximate surface area is 163 Å². The number of aryl methyl sites for hydroxylation is 2. The second kappa shape index (κ2) is 10.2. The van der Waals surface area contributed by atoms with Crippen LogP contribution in [0, 0.1) is 11.8 Å². The van der Waals surface area contributed by atoms with E-state index in [1.165, 1.54) is 22.0 Å². The quantitative estimate of drug-likeness (QED) is 0.527. The van der Waals surface area contributed by atoms with E-state index in [1.54, 1.807) is 7.11 Å². The Kier molecular flexibility index (Phi) is 8.29. The van der Waals surface area contributed by atoms with Gasteiger partial charge in [-0.3, -0.25) is 0 Å². The van der Waals surface area contributed by atoms with Gasteiger partial charge in [0.05, 0.1) is 6.10 Å². The summed E-state index contributed by atoms with van der Waals surface area (Å²) in [4.78, 5) is 0. The van der Waals surface area contributed by atoms with Gasteiger partial charge in [0.2, 0.25) is 0 Å². The van der Waals surface area contributed by atoms with Crippen molar-refractivity contribution < 1.29 is 9.84 Å². The van der Waals surface area contributed by atoms with Crippen molar-refractivity contribution in [3.63, 3.8) is 0 Å². The highest BCUT2D eigenvalue weighted by Gasteiger charge is 2.22. The fourth-order valence-corrected chi connectivity index (χ4v) is 3.83. The van der Waals surface area contributed by atoms with Crippen molar-refractivity contribution in [2.45, 2.75) is 51.7 Å². The zero-order chi connectivity index (χ0) is 20.0. The number of aliphatic hydroxyl groups is 1. The Bertz CT molecular complexity index is 711. The maximum absolute atomic E-state index is 9.94. The highest BCUT2D eigenvalue weighted by Crippen LogP contribution is 2.27. The Morgan fingerprint density at radius 2 is 2.00 bits per heavy atom. The van der Waals surface area contributed by atoms with E-state index in [4.69, 9.17) is 16.2 Å². The molecule has 3 unspecified atom stereocenters. The predicted molar refractivity (Wildman–Crippen MR) is 113 cm³/mol. The van der Waals surface area contributed by atoms with Crippen molar-refractivity contribution in [2.75, 3.05) is 20.3 Å². The molecule has 5 N–H and O–H groups in total. The molecule has 5 nitrogen and oxygen atoms in total. The Morgan fingerprint density at radius 3 is 2.63 bits per heavy atom. The molecule has 0 bridgehead atoms. The second-order valence-corrected chi connectivity index (χ2v) is 8.12. The van der Waals surface area contributed by atoms with E-state index in [0.29, 0.717) is 11.8 Å². The number of methoxy groups -OCH3 is 1. The van der Waals surface area contributed by atoms with Gasteiger partial charge >= 0.3 is 0 Å². The zero-order valence-corrected chi connectivity index (χ0v) is 17.3. The lowest BCUT2D eigenvalue weighted by Crippen LogP contribution is -2.42. The van der Waals surface area contributed by atoms with Gasteiger partial charge < -0.3 is 25.9 Å². The Morgan fingerprint density at radius 1 is 1.26 bits per heavy atom. The van der Waals surface area contributed by atoms with Gasteiger partial charge in [-0.1, -0.05) is 19.9 Å². The summed E-state index contributed by atoms with van der Waals surface area (Å²) in [6.45, 7) is 5.45. The van der Waals surface area contributed by atoms with E-state index < -0.39 is 6.10 Å². The van der Waals surface area contributed by atoms with Gasteiger partial charge in [-0.15, -0.1) is 0 Å². The minimum atomic E-state index is -0.629. The van der Waals surface area contributed by atoms with E-state index in [0.717, 1.165) is 32.3 Å². The van der Waals surface area contributed by atoms with Crippen LogP contribution in [-0.2, 0) is 24.6 Å². The molecule has 0 aliphatic rings. The standard InChI is InChI=1S/C22H37N3O2/c1-15(2)18(12-20(24)22(26)13-23)10-16-7-8-21-19(11-16)17(14-25(21)3)6-5-9-27-4/h7-8,11,14-15,18,20,22,26H,5-6,9-10,12-13,23-24H2,1-4H3. The summed E-state index contributed by atoms with van der Waals surface area (Å²) >= 11 is 0. The van der Waals surface area contributed by atoms with Gasteiger partial charge in [-0.05, 0) is 60.8 Å². The average Bonchev–Trinajstić information content (AvgIpc) is 2.95. The molecule has 1 aromatic carbocycles. The maximum atomic E-state index is 9.94. The van der Waals surface area contributed by atoms with Crippen molar-refractivity contribution in [3.05, 3.63) is 35.5 Å². The summed E-state index contributed by atoms with van der Waals surface area (Å²) in [5, 5.41) is 11.3. The molecule has 2 aromatic rings. The first-order valence-electron chi connectivity index (χ1n) is 10.1. The summed E-state index contributed by atoms with van der Waals surface area (Å²) < 4.78 is 7.41. The smallest absolute Gasteiger partial charge is 0.0813 e. The Balaban J connectivity index is 2.19. The average molecular weight is 376 g/mol. The Hall–Kier alpha value is -1.40. The number of aliphatic hydroxyl groups excluding tert-OH is 1. The zero-order valence-electron chi connectivity index (χ0n) is 17.3. The number of hydrogen-bond acceptors (Lipinski definition) is 4. The van der Waals surface area contributed by atoms with Crippen LogP contribution in [0.5, 0.6) is 0 Å². The molecule has 0 amide bonds. The number of aromatic nitrogens is 1. The van der Waals surface area contributed by atoms with E-state index in [2.05, 4.69) is 49.9 Å². The molecule has 0 fully saturated rings. The van der Waals surface area contributed by atoms with Crippen LogP contribution in [0.2, 0.25) is 0 Å². The van der Waals surface area contributed by atoms with Crippen molar-refractivity contribution in [1.82, 2.24) is 4.57 Å². The third kappa shape index (κ3) is 5.79. The van der Waals surface area contributed by atoms with Gasteiger partial charge in [0, 0.05) is 50.5 Å². The number of ether oxygens (including phenoxy) is 1. The normalized spacial score (nSPS) is 15.4. The van der Waals surface area contributed by atoms with Crippen LogP contribution < -0.4 is 11.5 Å². The van der Waals surface area contributed by atoms with Gasteiger partial charge in [0.25, 0.3) is 0 Å². The molecule has 0 spiro atoms. The predicted octanol–water partition coefficient (Wildman–Crippen LogP) is 2.61. The summed E-state index contributed by atoms with van der Waals surface area (Å²) in [6, 6.07) is 6.50. The number of rotatable bonds is 11.